The van der Waals surface area contributed by atoms with Crippen LogP contribution in [0.3, 0.4) is 0 Å². The highest BCUT2D eigenvalue weighted by molar-refractivity contribution is 7.98. The Kier molecular flexibility index (Phi) is 4.75. The zero-order chi connectivity index (χ0) is 16.3. The summed E-state index contributed by atoms with van der Waals surface area (Å²) in [6, 6.07) is 6.80. The Bertz CT molecular complexity index is 701. The Morgan fingerprint density at radius 3 is 2.59 bits per heavy atom. The third-order valence-electron chi connectivity index (χ3n) is 3.01. The fourth-order valence-electron chi connectivity index (χ4n) is 1.87. The second-order valence-electron chi connectivity index (χ2n) is 4.57. The number of nitrogens with one attached hydrogen (secondary N) is 1. The van der Waals surface area contributed by atoms with Gasteiger partial charge in [-0.2, -0.15) is 13.2 Å². The lowest BCUT2D eigenvalue weighted by Gasteiger charge is -2.13. The van der Waals surface area contributed by atoms with Crippen molar-refractivity contribution < 1.29 is 18.0 Å². The van der Waals surface area contributed by atoms with E-state index < -0.39 is 17.6 Å². The lowest BCUT2D eigenvalue weighted by Crippen LogP contribution is -2.14. The Hall–Kier alpha value is -2.02. The number of thioether (sulfide) groups is 1. The second-order valence-corrected chi connectivity index (χ2v) is 5.39. The van der Waals surface area contributed by atoms with Gasteiger partial charge in [0.1, 0.15) is 0 Å². The lowest BCUT2D eigenvalue weighted by molar-refractivity contribution is -0.138. The van der Waals surface area contributed by atoms with Crippen molar-refractivity contribution >= 4 is 23.4 Å². The van der Waals surface area contributed by atoms with E-state index >= 15 is 0 Å². The first kappa shape index (κ1) is 16.4. The van der Waals surface area contributed by atoms with Crippen molar-refractivity contribution in [3.63, 3.8) is 0 Å². The number of aromatic nitrogens is 1. The highest BCUT2D eigenvalue weighted by atomic mass is 32.2. The lowest BCUT2D eigenvalue weighted by atomic mass is 10.1. The molecule has 0 fully saturated rings. The molecule has 2 rings (SSSR count). The van der Waals surface area contributed by atoms with Crippen molar-refractivity contribution in [3.8, 4) is 0 Å². The van der Waals surface area contributed by atoms with Gasteiger partial charge in [0.15, 0.2) is 0 Å². The largest absolute Gasteiger partial charge is 0.416 e. The summed E-state index contributed by atoms with van der Waals surface area (Å²) in [5, 5.41) is 3.13. The minimum Gasteiger partial charge on any atom is -0.322 e. The number of anilines is 1. The Balaban J connectivity index is 2.25. The number of alkyl halides is 3. The first-order valence-electron chi connectivity index (χ1n) is 6.30. The molecule has 3 nitrogen and oxygen atoms in total. The quantitative estimate of drug-likeness (QED) is 0.851. The maximum Gasteiger partial charge on any atom is 0.416 e. The van der Waals surface area contributed by atoms with E-state index in [-0.39, 0.29) is 11.3 Å². The number of hydrogen-bond donors (Lipinski definition) is 1. The van der Waals surface area contributed by atoms with E-state index in [1.165, 1.54) is 43.1 Å². The number of pyridine rings is 1. The third-order valence-corrected chi connectivity index (χ3v) is 3.65. The number of aryl methyl sites for hydroxylation is 1. The van der Waals surface area contributed by atoms with Gasteiger partial charge in [-0.25, -0.2) is 4.98 Å². The average molecular weight is 326 g/mol. The number of amides is 1. The average Bonchev–Trinajstić information content (AvgIpc) is 2.48. The van der Waals surface area contributed by atoms with E-state index in [2.05, 4.69) is 10.3 Å². The predicted octanol–water partition coefficient (Wildman–Crippen LogP) is 4.38. The number of carbonyl (C=O) groups excluding carboxylic acids is 1. The Morgan fingerprint density at radius 2 is 1.95 bits per heavy atom. The zero-order valence-electron chi connectivity index (χ0n) is 11.9. The topological polar surface area (TPSA) is 42.0 Å². The molecule has 0 bridgehead atoms. The third kappa shape index (κ3) is 3.79. The van der Waals surface area contributed by atoms with E-state index in [0.29, 0.717) is 10.6 Å². The predicted molar refractivity (Wildman–Crippen MR) is 80.2 cm³/mol. The van der Waals surface area contributed by atoms with E-state index in [1.54, 1.807) is 6.07 Å². The van der Waals surface area contributed by atoms with Crippen LogP contribution in [0.2, 0.25) is 0 Å². The first-order valence-corrected chi connectivity index (χ1v) is 7.53. The van der Waals surface area contributed by atoms with Gasteiger partial charge >= 0.3 is 6.18 Å². The van der Waals surface area contributed by atoms with Gasteiger partial charge in [-0.05, 0) is 43.0 Å². The second kappa shape index (κ2) is 6.39. The molecule has 0 aliphatic carbocycles. The van der Waals surface area contributed by atoms with Gasteiger partial charge in [0, 0.05) is 17.4 Å². The van der Waals surface area contributed by atoms with E-state index in [4.69, 9.17) is 0 Å². The molecule has 1 amide bonds. The standard InChI is InChI=1S/C15H13F3N2OS/c1-9-3-4-11(8-12(9)15(16,17)18)20-14(21)10-5-6-19-13(7-10)22-2/h3-8H,1-2H3,(H,20,21). The fourth-order valence-corrected chi connectivity index (χ4v) is 2.28. The smallest absolute Gasteiger partial charge is 0.322 e. The minimum atomic E-state index is -4.45. The molecule has 0 saturated heterocycles. The number of rotatable bonds is 3. The molecule has 0 radical (unpaired) electrons. The summed E-state index contributed by atoms with van der Waals surface area (Å²) >= 11 is 1.37. The van der Waals surface area contributed by atoms with Crippen LogP contribution < -0.4 is 5.32 Å². The minimum absolute atomic E-state index is 0.102. The summed E-state index contributed by atoms with van der Waals surface area (Å²) in [7, 11) is 0. The molecule has 1 heterocycles. The first-order chi connectivity index (χ1) is 10.3. The van der Waals surface area contributed by atoms with Gasteiger partial charge in [-0.15, -0.1) is 11.8 Å². The summed E-state index contributed by atoms with van der Waals surface area (Å²) in [6.45, 7) is 1.38. The summed E-state index contributed by atoms with van der Waals surface area (Å²) in [5.74, 6) is -0.477. The molecule has 1 aromatic carbocycles. The molecule has 2 aromatic rings. The van der Waals surface area contributed by atoms with Crippen molar-refractivity contribution in [1.82, 2.24) is 4.98 Å². The normalized spacial score (nSPS) is 11.3. The number of carbonyl (C=O) groups is 1. The molecule has 7 heteroatoms. The van der Waals surface area contributed by atoms with E-state index in [9.17, 15) is 18.0 Å². The van der Waals surface area contributed by atoms with Crippen molar-refractivity contribution in [2.75, 3.05) is 11.6 Å². The molecular weight excluding hydrogens is 313 g/mol. The van der Waals surface area contributed by atoms with Gasteiger partial charge in [-0.1, -0.05) is 6.07 Å². The maximum atomic E-state index is 12.9. The van der Waals surface area contributed by atoms with Crippen molar-refractivity contribution in [2.24, 2.45) is 0 Å². The van der Waals surface area contributed by atoms with Gasteiger partial charge < -0.3 is 5.32 Å². The molecule has 0 aliphatic heterocycles. The summed E-state index contributed by atoms with van der Waals surface area (Å²) in [5.41, 5.74) is -0.206. The monoisotopic (exact) mass is 326 g/mol. The highest BCUT2D eigenvalue weighted by Crippen LogP contribution is 2.33. The Morgan fingerprint density at radius 1 is 1.23 bits per heavy atom. The van der Waals surface area contributed by atoms with Crippen LogP contribution in [0.4, 0.5) is 18.9 Å². The van der Waals surface area contributed by atoms with Crippen LogP contribution in [0.15, 0.2) is 41.6 Å². The molecule has 0 unspecified atom stereocenters. The SMILES string of the molecule is CSc1cc(C(=O)Nc2ccc(C)c(C(F)(F)F)c2)ccn1. The van der Waals surface area contributed by atoms with Gasteiger partial charge in [0.2, 0.25) is 0 Å². The molecule has 1 N–H and O–H groups in total. The number of nitrogens with zero attached hydrogens (tertiary/aromatic N) is 1. The zero-order valence-corrected chi connectivity index (χ0v) is 12.7. The molecule has 0 aliphatic rings. The number of halogens is 3. The van der Waals surface area contributed by atoms with Crippen molar-refractivity contribution in [3.05, 3.63) is 53.2 Å². The van der Waals surface area contributed by atoms with Crippen LogP contribution in [0, 0.1) is 6.92 Å². The molecule has 0 saturated carbocycles. The van der Waals surface area contributed by atoms with Gasteiger partial charge in [0.25, 0.3) is 5.91 Å². The van der Waals surface area contributed by atoms with Crippen LogP contribution in [0.1, 0.15) is 21.5 Å². The van der Waals surface area contributed by atoms with Crippen LogP contribution in [-0.2, 0) is 6.18 Å². The molecule has 22 heavy (non-hydrogen) atoms. The van der Waals surface area contributed by atoms with Crippen molar-refractivity contribution in [1.29, 1.82) is 0 Å². The highest BCUT2D eigenvalue weighted by Gasteiger charge is 2.32. The molecule has 1 aromatic heterocycles. The Labute approximate surface area is 129 Å². The van der Waals surface area contributed by atoms with Gasteiger partial charge in [-0.3, -0.25) is 4.79 Å². The van der Waals surface area contributed by atoms with Crippen LogP contribution in [0.5, 0.6) is 0 Å². The summed E-state index contributed by atoms with van der Waals surface area (Å²) < 4.78 is 38.6. The number of benzene rings is 1. The molecule has 0 spiro atoms. The molecule has 116 valence electrons. The van der Waals surface area contributed by atoms with Crippen LogP contribution in [-0.4, -0.2) is 17.1 Å². The molecule has 0 atom stereocenters. The molecular formula is C15H13F3N2OS. The fraction of sp³-hybridized carbons (Fsp3) is 0.200. The summed E-state index contributed by atoms with van der Waals surface area (Å²) in [6.07, 6.45) is -1.15. The summed E-state index contributed by atoms with van der Waals surface area (Å²) in [4.78, 5) is 16.1. The van der Waals surface area contributed by atoms with E-state index in [0.717, 1.165) is 6.07 Å². The van der Waals surface area contributed by atoms with Crippen LogP contribution >= 0.6 is 11.8 Å². The van der Waals surface area contributed by atoms with Crippen LogP contribution in [0.25, 0.3) is 0 Å². The van der Waals surface area contributed by atoms with Gasteiger partial charge in [0.05, 0.1) is 10.6 Å². The van der Waals surface area contributed by atoms with Crippen molar-refractivity contribution in [2.45, 2.75) is 18.1 Å². The maximum absolute atomic E-state index is 12.9. The number of hydrogen-bond acceptors (Lipinski definition) is 3. The van der Waals surface area contributed by atoms with E-state index in [1.807, 2.05) is 6.26 Å².